The van der Waals surface area contributed by atoms with Gasteiger partial charge in [0.15, 0.2) is 0 Å². The third-order valence-corrected chi connectivity index (χ3v) is 5.08. The van der Waals surface area contributed by atoms with Crippen LogP contribution < -0.4 is 10.1 Å². The quantitative estimate of drug-likeness (QED) is 0.379. The van der Waals surface area contributed by atoms with Gasteiger partial charge < -0.3 is 10.1 Å². The number of hydrogen-bond acceptors (Lipinski definition) is 3. The average Bonchev–Trinajstić information content (AvgIpc) is 2.74. The van der Waals surface area contributed by atoms with Crippen LogP contribution >= 0.6 is 15.9 Å². The van der Waals surface area contributed by atoms with Crippen LogP contribution in [-0.4, -0.2) is 5.91 Å². The van der Waals surface area contributed by atoms with Gasteiger partial charge in [-0.05, 0) is 48.4 Å². The molecule has 0 saturated heterocycles. The number of ether oxygens (including phenoxy) is 1. The van der Waals surface area contributed by atoms with Crippen LogP contribution in [0.25, 0.3) is 6.08 Å². The second-order valence-electron chi connectivity index (χ2n) is 6.39. The molecule has 0 aliphatic heterocycles. The molecule has 1 amide bonds. The summed E-state index contributed by atoms with van der Waals surface area (Å²) in [4.78, 5) is 12.4. The Morgan fingerprint density at radius 2 is 1.76 bits per heavy atom. The Kier molecular flexibility index (Phi) is 6.83. The first kappa shape index (κ1) is 20.4. The summed E-state index contributed by atoms with van der Waals surface area (Å²) in [5.41, 5.74) is 3.46. The fourth-order valence-corrected chi connectivity index (χ4v) is 3.05. The molecule has 0 saturated carbocycles. The van der Waals surface area contributed by atoms with Crippen molar-refractivity contribution in [1.29, 1.82) is 5.26 Å². The maximum Gasteiger partial charge on any atom is 0.266 e. The molecule has 1 N–H and O–H groups in total. The van der Waals surface area contributed by atoms with E-state index < -0.39 is 5.91 Å². The Morgan fingerprint density at radius 3 is 2.45 bits per heavy atom. The maximum absolute atomic E-state index is 12.4. The van der Waals surface area contributed by atoms with Crippen molar-refractivity contribution in [3.05, 3.63) is 99.5 Å². The van der Waals surface area contributed by atoms with Crippen molar-refractivity contribution in [3.63, 3.8) is 0 Å². The highest BCUT2D eigenvalue weighted by Gasteiger charge is 2.10. The summed E-state index contributed by atoms with van der Waals surface area (Å²) < 4.78 is 6.80. The Bertz CT molecular complexity index is 1080. The van der Waals surface area contributed by atoms with Crippen LogP contribution in [0, 0.1) is 18.3 Å². The van der Waals surface area contributed by atoms with Crippen molar-refractivity contribution in [2.24, 2.45) is 0 Å². The molecule has 0 bridgehead atoms. The van der Waals surface area contributed by atoms with E-state index in [0.717, 1.165) is 21.2 Å². The summed E-state index contributed by atoms with van der Waals surface area (Å²) >= 11 is 3.50. The van der Waals surface area contributed by atoms with Gasteiger partial charge in [-0.1, -0.05) is 64.5 Å². The molecule has 0 atom stereocenters. The molecule has 29 heavy (non-hydrogen) atoms. The highest BCUT2D eigenvalue weighted by atomic mass is 79.9. The number of hydrogen-bond donors (Lipinski definition) is 1. The van der Waals surface area contributed by atoms with E-state index in [1.165, 1.54) is 0 Å². The molecule has 4 nitrogen and oxygen atoms in total. The monoisotopic (exact) mass is 446 g/mol. The minimum Gasteiger partial charge on any atom is -0.489 e. The molecule has 0 aromatic heterocycles. The maximum atomic E-state index is 12.4. The standard InChI is InChI=1S/C24H19BrN2O2/c1-17-6-2-5-9-23(17)27-24(28)20(15-26)14-18-10-12-21(13-11-18)29-16-19-7-3-4-8-22(19)25/h2-14H,16H2,1H3,(H,27,28)/b20-14+. The fourth-order valence-electron chi connectivity index (χ4n) is 2.65. The van der Waals surface area contributed by atoms with Crippen molar-refractivity contribution in [1.82, 2.24) is 0 Å². The second-order valence-corrected chi connectivity index (χ2v) is 7.24. The molecule has 3 rings (SSSR count). The smallest absolute Gasteiger partial charge is 0.266 e. The SMILES string of the molecule is Cc1ccccc1NC(=O)/C(C#N)=C/c1ccc(OCc2ccccc2Br)cc1. The van der Waals surface area contributed by atoms with Gasteiger partial charge in [0.05, 0.1) is 0 Å². The largest absolute Gasteiger partial charge is 0.489 e. The number of anilines is 1. The van der Waals surface area contributed by atoms with Gasteiger partial charge in [-0.3, -0.25) is 4.79 Å². The number of para-hydroxylation sites is 1. The number of nitriles is 1. The normalized spacial score (nSPS) is 10.9. The number of aryl methyl sites for hydroxylation is 1. The number of nitrogens with one attached hydrogen (secondary N) is 1. The summed E-state index contributed by atoms with van der Waals surface area (Å²) in [6.07, 6.45) is 1.56. The molecule has 5 heteroatoms. The molecule has 0 fully saturated rings. The van der Waals surface area contributed by atoms with Crippen molar-refractivity contribution in [2.75, 3.05) is 5.32 Å². The molecule has 3 aromatic carbocycles. The molecule has 0 aliphatic rings. The fraction of sp³-hybridized carbons (Fsp3) is 0.0833. The molecular formula is C24H19BrN2O2. The lowest BCUT2D eigenvalue weighted by atomic mass is 10.1. The summed E-state index contributed by atoms with van der Waals surface area (Å²) in [6, 6.07) is 24.5. The van der Waals surface area contributed by atoms with E-state index in [1.807, 2.05) is 79.7 Å². The van der Waals surface area contributed by atoms with Gasteiger partial charge in [0.2, 0.25) is 0 Å². The van der Waals surface area contributed by atoms with Crippen LogP contribution in [0.1, 0.15) is 16.7 Å². The first-order chi connectivity index (χ1) is 14.1. The molecule has 3 aromatic rings. The van der Waals surface area contributed by atoms with Crippen LogP contribution in [0.5, 0.6) is 5.75 Å². The highest BCUT2D eigenvalue weighted by molar-refractivity contribution is 9.10. The van der Waals surface area contributed by atoms with Crippen molar-refractivity contribution >= 4 is 33.6 Å². The van der Waals surface area contributed by atoms with Crippen molar-refractivity contribution in [3.8, 4) is 11.8 Å². The second kappa shape index (κ2) is 9.72. The van der Waals surface area contributed by atoms with Gasteiger partial charge >= 0.3 is 0 Å². The molecule has 0 radical (unpaired) electrons. The van der Waals surface area contributed by atoms with Gasteiger partial charge in [0.25, 0.3) is 5.91 Å². The zero-order chi connectivity index (χ0) is 20.6. The third kappa shape index (κ3) is 5.56. The van der Waals surface area contributed by atoms with Gasteiger partial charge in [0.1, 0.15) is 24.0 Å². The molecule has 0 spiro atoms. The van der Waals surface area contributed by atoms with Gasteiger partial charge in [-0.2, -0.15) is 5.26 Å². The van der Waals surface area contributed by atoms with Crippen LogP contribution in [0.3, 0.4) is 0 Å². The van der Waals surface area contributed by atoms with Crippen LogP contribution in [0.15, 0.2) is 82.8 Å². The summed E-state index contributed by atoms with van der Waals surface area (Å²) in [6.45, 7) is 2.34. The number of nitrogens with zero attached hydrogens (tertiary/aromatic N) is 1. The van der Waals surface area contributed by atoms with Crippen LogP contribution in [-0.2, 0) is 11.4 Å². The first-order valence-electron chi connectivity index (χ1n) is 9.02. The lowest BCUT2D eigenvalue weighted by molar-refractivity contribution is -0.112. The number of amides is 1. The Balaban J connectivity index is 1.67. The molecule has 0 unspecified atom stereocenters. The van der Waals surface area contributed by atoms with E-state index in [4.69, 9.17) is 4.74 Å². The zero-order valence-corrected chi connectivity index (χ0v) is 17.4. The number of carbonyl (C=O) groups excluding carboxylic acids is 1. The minimum atomic E-state index is -0.434. The Hall–Kier alpha value is -3.36. The van der Waals surface area contributed by atoms with Gasteiger partial charge in [0, 0.05) is 15.7 Å². The molecular weight excluding hydrogens is 428 g/mol. The lowest BCUT2D eigenvalue weighted by Crippen LogP contribution is -2.14. The predicted octanol–water partition coefficient (Wildman–Crippen LogP) is 5.88. The van der Waals surface area contributed by atoms with E-state index in [0.29, 0.717) is 18.0 Å². The van der Waals surface area contributed by atoms with Crippen molar-refractivity contribution < 1.29 is 9.53 Å². The highest BCUT2D eigenvalue weighted by Crippen LogP contribution is 2.20. The van der Waals surface area contributed by atoms with E-state index >= 15 is 0 Å². The Labute approximate surface area is 178 Å². The minimum absolute atomic E-state index is 0.0372. The summed E-state index contributed by atoms with van der Waals surface area (Å²) in [5.74, 6) is 0.275. The Morgan fingerprint density at radius 1 is 1.07 bits per heavy atom. The van der Waals surface area contributed by atoms with E-state index in [9.17, 15) is 10.1 Å². The van der Waals surface area contributed by atoms with Crippen molar-refractivity contribution in [2.45, 2.75) is 13.5 Å². The molecule has 144 valence electrons. The average molecular weight is 447 g/mol. The summed E-state index contributed by atoms with van der Waals surface area (Å²) in [5, 5.41) is 12.2. The molecule has 0 heterocycles. The lowest BCUT2D eigenvalue weighted by Gasteiger charge is -2.09. The topological polar surface area (TPSA) is 62.1 Å². The van der Waals surface area contributed by atoms with Gasteiger partial charge in [-0.25, -0.2) is 0 Å². The molecule has 0 aliphatic carbocycles. The van der Waals surface area contributed by atoms with Gasteiger partial charge in [-0.15, -0.1) is 0 Å². The zero-order valence-electron chi connectivity index (χ0n) is 15.9. The number of benzene rings is 3. The summed E-state index contributed by atoms with van der Waals surface area (Å²) in [7, 11) is 0. The number of rotatable bonds is 6. The third-order valence-electron chi connectivity index (χ3n) is 4.30. The van der Waals surface area contributed by atoms with Crippen LogP contribution in [0.4, 0.5) is 5.69 Å². The number of halogens is 1. The van der Waals surface area contributed by atoms with E-state index in [-0.39, 0.29) is 5.57 Å². The van der Waals surface area contributed by atoms with E-state index in [1.54, 1.807) is 12.1 Å². The predicted molar refractivity (Wildman–Crippen MR) is 118 cm³/mol. The van der Waals surface area contributed by atoms with Crippen LogP contribution in [0.2, 0.25) is 0 Å². The first-order valence-corrected chi connectivity index (χ1v) is 9.81. The van der Waals surface area contributed by atoms with E-state index in [2.05, 4.69) is 21.2 Å². The number of carbonyl (C=O) groups is 1.